The van der Waals surface area contributed by atoms with Gasteiger partial charge in [0.05, 0.1) is 17.1 Å². The number of hydrogen-bond acceptors (Lipinski definition) is 6. The minimum Gasteiger partial charge on any atom is -0.507 e. The van der Waals surface area contributed by atoms with Crippen LogP contribution in [0.2, 0.25) is 0 Å². The molecule has 4 N–H and O–H groups in total. The fraction of sp³-hybridized carbons (Fsp3) is 0.293. The predicted molar refractivity (Wildman–Crippen MR) is 197 cm³/mol. The molecule has 3 aromatic rings. The van der Waals surface area contributed by atoms with Crippen molar-refractivity contribution < 1.29 is 19.8 Å². The average Bonchev–Trinajstić information content (AvgIpc) is 3.65. The van der Waals surface area contributed by atoms with Crippen LogP contribution >= 0.6 is 0 Å². The highest BCUT2D eigenvalue weighted by atomic mass is 16.3. The number of allylic oxidation sites excluding steroid dienone is 3. The summed E-state index contributed by atoms with van der Waals surface area (Å²) in [5.41, 5.74) is 7.26. The highest BCUT2D eigenvalue weighted by Gasteiger charge is 2.40. The molecule has 8 nitrogen and oxygen atoms in total. The number of unbranched alkanes of at least 4 members (excludes halogenated alkanes) is 2. The number of aryl methyl sites for hydroxylation is 1. The van der Waals surface area contributed by atoms with E-state index in [1.54, 1.807) is 36.4 Å². The Balaban J connectivity index is 1.42. The Kier molecular flexibility index (Phi) is 10.3. The molecule has 252 valence electrons. The summed E-state index contributed by atoms with van der Waals surface area (Å²) < 4.78 is 0. The zero-order chi connectivity index (χ0) is 34.5. The molecule has 0 aromatic heterocycles. The summed E-state index contributed by atoms with van der Waals surface area (Å²) in [7, 11) is 0. The minimum absolute atomic E-state index is 0.0849. The monoisotopic (exact) mass is 656 g/mol. The Labute approximate surface area is 288 Å². The number of aliphatic imine (C=N–C) groups is 1. The molecule has 0 bridgehead atoms. The Hall–Kier alpha value is -5.21. The van der Waals surface area contributed by atoms with Gasteiger partial charge >= 0.3 is 0 Å². The number of carbonyl (C=O) groups excluding carboxylic acids is 2. The van der Waals surface area contributed by atoms with Crippen molar-refractivity contribution in [2.45, 2.75) is 59.0 Å². The van der Waals surface area contributed by atoms with Crippen LogP contribution in [0.15, 0.2) is 118 Å². The molecule has 3 aromatic carbocycles. The number of amides is 2. The molecule has 49 heavy (non-hydrogen) atoms. The molecule has 1 fully saturated rings. The second-order valence-electron chi connectivity index (χ2n) is 12.9. The number of nitrogens with one attached hydrogen (secondary N) is 2. The minimum atomic E-state index is -1.18. The van der Waals surface area contributed by atoms with Gasteiger partial charge in [0.2, 0.25) is 0 Å². The van der Waals surface area contributed by atoms with Gasteiger partial charge in [-0.2, -0.15) is 0 Å². The fourth-order valence-electron chi connectivity index (χ4n) is 6.66. The van der Waals surface area contributed by atoms with Gasteiger partial charge in [0, 0.05) is 58.7 Å². The number of rotatable bonds is 10. The molecule has 1 unspecified atom stereocenters. The van der Waals surface area contributed by atoms with E-state index in [4.69, 9.17) is 4.99 Å². The quantitative estimate of drug-likeness (QED) is 0.167. The van der Waals surface area contributed by atoms with E-state index >= 15 is 0 Å². The molecule has 0 radical (unpaired) electrons. The number of nitrogens with zero attached hydrogens (tertiary/aromatic N) is 2. The molecule has 1 atom stereocenters. The van der Waals surface area contributed by atoms with E-state index in [-0.39, 0.29) is 17.6 Å². The van der Waals surface area contributed by atoms with Gasteiger partial charge in [-0.05, 0) is 92.8 Å². The standard InChI is InChI=1S/C41H44N4O4/c1-4-5-12-19-42-32-24-33(43-40(48)28-15-8-6-9-16-28)30(22-26(32)2)36-38(46)37(39(36)47)31-23-27(3)35(45-20-13-14-21-45)25-34(31)44-41(49)29-17-10-7-11-18-29/h6-11,15-18,22-25,38,46-47H,4-5,12-14,19-21H2,1-3H3,(H,43,48)(H,44,49)/b36-30+,42-32+. The second-order valence-corrected chi connectivity index (χ2v) is 12.9. The molecule has 8 heteroatoms. The van der Waals surface area contributed by atoms with Crippen LogP contribution in [0.1, 0.15) is 77.8 Å². The third kappa shape index (κ3) is 7.15. The molecule has 6 rings (SSSR count). The van der Waals surface area contributed by atoms with Crippen molar-refractivity contribution >= 4 is 34.5 Å². The summed E-state index contributed by atoms with van der Waals surface area (Å²) in [5, 5.41) is 29.6. The summed E-state index contributed by atoms with van der Waals surface area (Å²) in [5.74, 6) is -0.672. The maximum atomic E-state index is 13.4. The Morgan fingerprint density at radius 1 is 0.857 bits per heavy atom. The number of aliphatic hydroxyl groups is 2. The van der Waals surface area contributed by atoms with Gasteiger partial charge < -0.3 is 25.7 Å². The normalized spacial score (nSPS) is 19.8. The number of benzene rings is 3. The molecule has 2 aliphatic carbocycles. The predicted octanol–water partition coefficient (Wildman–Crippen LogP) is 7.69. The molecule has 0 spiro atoms. The van der Waals surface area contributed by atoms with E-state index in [2.05, 4.69) is 22.5 Å². The molecule has 1 saturated heterocycles. The van der Waals surface area contributed by atoms with Crippen molar-refractivity contribution in [2.24, 2.45) is 4.99 Å². The second kappa shape index (κ2) is 14.9. The van der Waals surface area contributed by atoms with Crippen molar-refractivity contribution in [3.05, 3.63) is 135 Å². The topological polar surface area (TPSA) is 114 Å². The van der Waals surface area contributed by atoms with Crippen LogP contribution in [-0.2, 0) is 0 Å². The Bertz CT molecular complexity index is 1900. The Morgan fingerprint density at radius 2 is 1.49 bits per heavy atom. The summed E-state index contributed by atoms with van der Waals surface area (Å²) in [6.45, 7) is 8.62. The average molecular weight is 657 g/mol. The number of hydrogen-bond donors (Lipinski definition) is 4. The highest BCUT2D eigenvalue weighted by Crippen LogP contribution is 2.47. The van der Waals surface area contributed by atoms with E-state index < -0.39 is 6.10 Å². The molecular formula is C41H44N4O4. The number of anilines is 2. The van der Waals surface area contributed by atoms with Crippen LogP contribution in [0.4, 0.5) is 11.4 Å². The highest BCUT2D eigenvalue weighted by molar-refractivity contribution is 6.12. The van der Waals surface area contributed by atoms with Crippen LogP contribution in [0, 0.1) is 6.92 Å². The van der Waals surface area contributed by atoms with Crippen molar-refractivity contribution in [1.82, 2.24) is 5.32 Å². The number of aliphatic hydroxyl groups excluding tert-OH is 2. The third-order valence-corrected chi connectivity index (χ3v) is 9.37. The van der Waals surface area contributed by atoms with E-state index in [0.717, 1.165) is 67.7 Å². The van der Waals surface area contributed by atoms with Crippen LogP contribution < -0.4 is 15.5 Å². The maximum Gasteiger partial charge on any atom is 0.255 e. The van der Waals surface area contributed by atoms with E-state index in [1.165, 1.54) is 0 Å². The van der Waals surface area contributed by atoms with E-state index in [9.17, 15) is 19.8 Å². The third-order valence-electron chi connectivity index (χ3n) is 9.37. The van der Waals surface area contributed by atoms with E-state index in [0.29, 0.717) is 51.3 Å². The van der Waals surface area contributed by atoms with Crippen molar-refractivity contribution in [3.8, 4) is 0 Å². The molecule has 1 aliphatic heterocycles. The number of carbonyl (C=O) groups is 2. The Morgan fingerprint density at radius 3 is 2.10 bits per heavy atom. The van der Waals surface area contributed by atoms with Gasteiger partial charge in [-0.3, -0.25) is 14.6 Å². The van der Waals surface area contributed by atoms with Crippen molar-refractivity contribution in [2.75, 3.05) is 29.9 Å². The van der Waals surface area contributed by atoms with E-state index in [1.807, 2.05) is 62.4 Å². The van der Waals surface area contributed by atoms with Crippen molar-refractivity contribution in [1.29, 1.82) is 0 Å². The van der Waals surface area contributed by atoms with Crippen LogP contribution in [-0.4, -0.2) is 53.5 Å². The van der Waals surface area contributed by atoms with Gasteiger partial charge in [-0.1, -0.05) is 56.2 Å². The lowest BCUT2D eigenvalue weighted by molar-refractivity contribution is 0.0965. The lowest BCUT2D eigenvalue weighted by Gasteiger charge is -2.34. The first-order valence-electron chi connectivity index (χ1n) is 17.2. The SMILES string of the molecule is CCCCC/N=C1C=C(NC(=O)c2ccccc2)/C(=C2/C(O)=C(c3cc(C)c(N4CCCC4)cc3NC(=O)c3ccccc3)C2O)C=C\1C. The molecule has 0 saturated carbocycles. The zero-order valence-electron chi connectivity index (χ0n) is 28.4. The first-order valence-corrected chi connectivity index (χ1v) is 17.2. The van der Waals surface area contributed by atoms with Gasteiger partial charge in [0.15, 0.2) is 0 Å². The first kappa shape index (κ1) is 33.7. The van der Waals surface area contributed by atoms with Crippen LogP contribution in [0.3, 0.4) is 0 Å². The summed E-state index contributed by atoms with van der Waals surface area (Å²) in [6, 6.07) is 21.8. The lowest BCUT2D eigenvalue weighted by Crippen LogP contribution is -2.33. The summed E-state index contributed by atoms with van der Waals surface area (Å²) in [4.78, 5) is 33.8. The smallest absolute Gasteiger partial charge is 0.255 e. The maximum absolute atomic E-state index is 13.4. The van der Waals surface area contributed by atoms with Crippen LogP contribution in [0.25, 0.3) is 5.57 Å². The van der Waals surface area contributed by atoms with Gasteiger partial charge in [0.1, 0.15) is 11.9 Å². The fourth-order valence-corrected chi connectivity index (χ4v) is 6.66. The van der Waals surface area contributed by atoms with Crippen molar-refractivity contribution in [3.63, 3.8) is 0 Å². The van der Waals surface area contributed by atoms with Gasteiger partial charge in [0.25, 0.3) is 11.8 Å². The molecule has 2 amide bonds. The lowest BCUT2D eigenvalue weighted by atomic mass is 9.76. The largest absolute Gasteiger partial charge is 0.507 e. The van der Waals surface area contributed by atoms with Gasteiger partial charge in [-0.25, -0.2) is 0 Å². The van der Waals surface area contributed by atoms with Crippen LogP contribution in [0.5, 0.6) is 0 Å². The van der Waals surface area contributed by atoms with Gasteiger partial charge in [-0.15, -0.1) is 0 Å². The molecular weight excluding hydrogens is 612 g/mol. The first-order chi connectivity index (χ1) is 23.8. The molecule has 1 heterocycles. The summed E-state index contributed by atoms with van der Waals surface area (Å²) >= 11 is 0. The summed E-state index contributed by atoms with van der Waals surface area (Å²) in [6.07, 6.45) is 7.85. The molecule has 3 aliphatic rings. The zero-order valence-corrected chi connectivity index (χ0v) is 28.4.